The molecule has 186 valence electrons. The Bertz CT molecular complexity index is 1280. The molecule has 1 atom stereocenters. The van der Waals surface area contributed by atoms with Gasteiger partial charge >= 0.3 is 0 Å². The first-order chi connectivity index (χ1) is 17.6. The molecule has 0 aliphatic heterocycles. The van der Waals surface area contributed by atoms with Crippen molar-refractivity contribution in [1.29, 1.82) is 0 Å². The van der Waals surface area contributed by atoms with E-state index < -0.39 is 6.04 Å². The number of tetrazole rings is 1. The number of nitrogens with zero attached hydrogens (tertiary/aromatic N) is 5. The van der Waals surface area contributed by atoms with Gasteiger partial charge in [-0.1, -0.05) is 25.3 Å². The molecule has 1 saturated carbocycles. The zero-order valence-electron chi connectivity index (χ0n) is 20.0. The molecule has 10 heteroatoms. The summed E-state index contributed by atoms with van der Waals surface area (Å²) in [6.45, 7) is 1.92. The molecule has 3 aromatic heterocycles. The minimum absolute atomic E-state index is 0.0990. The Morgan fingerprint density at radius 2 is 2.06 bits per heavy atom. The van der Waals surface area contributed by atoms with Crippen molar-refractivity contribution in [2.75, 3.05) is 4.90 Å². The summed E-state index contributed by atoms with van der Waals surface area (Å²) < 4.78 is 7.29. The highest BCUT2D eigenvalue weighted by atomic mass is 32.1. The topological polar surface area (TPSA) is 106 Å². The maximum Gasteiger partial charge on any atom is 0.251 e. The summed E-state index contributed by atoms with van der Waals surface area (Å²) in [4.78, 5) is 30.1. The minimum atomic E-state index is -0.937. The number of aromatic nitrogens is 4. The molecular weight excluding hydrogens is 476 g/mol. The average molecular weight is 505 g/mol. The molecule has 0 unspecified atom stereocenters. The van der Waals surface area contributed by atoms with Gasteiger partial charge in [-0.15, -0.1) is 16.4 Å². The summed E-state index contributed by atoms with van der Waals surface area (Å²) in [5.74, 6) is -0.00385. The molecule has 9 nitrogen and oxygen atoms in total. The lowest BCUT2D eigenvalue weighted by atomic mass is 9.95. The Morgan fingerprint density at radius 1 is 1.19 bits per heavy atom. The van der Waals surface area contributed by atoms with Crippen LogP contribution >= 0.6 is 11.3 Å². The van der Waals surface area contributed by atoms with Gasteiger partial charge in [0.25, 0.3) is 5.91 Å². The van der Waals surface area contributed by atoms with E-state index in [1.54, 1.807) is 21.7 Å². The first kappa shape index (κ1) is 23.9. The molecule has 3 heterocycles. The molecular formula is C26H28N6O3S. The molecule has 1 N–H and O–H groups in total. The van der Waals surface area contributed by atoms with Gasteiger partial charge < -0.3 is 9.73 Å². The van der Waals surface area contributed by atoms with Gasteiger partial charge in [0.2, 0.25) is 5.91 Å². The number of anilines is 1. The highest BCUT2D eigenvalue weighted by molar-refractivity contribution is 7.10. The number of hydrogen-bond donors (Lipinski definition) is 1. The summed E-state index contributed by atoms with van der Waals surface area (Å²) in [6, 6.07) is 12.1. The average Bonchev–Trinajstić information content (AvgIpc) is 3.67. The van der Waals surface area contributed by atoms with Gasteiger partial charge in [0.05, 0.1) is 18.4 Å². The fourth-order valence-corrected chi connectivity index (χ4v) is 5.45. The number of nitrogens with one attached hydrogen (secondary N) is 1. The Kier molecular flexibility index (Phi) is 7.22. The standard InChI is InChI=1S/C26H28N6O3S/c1-18-15-20(11-12-22(18)31-17-27-29-30-31)32(24(33)16-21-9-6-14-36-21)25(23-10-5-13-35-23)26(34)28-19-7-3-2-4-8-19/h5-6,9-15,17,19,25H,2-4,7-8,16H2,1H3,(H,28,34)/t25-/m0/s1. The van der Waals surface area contributed by atoms with Crippen molar-refractivity contribution >= 4 is 28.8 Å². The predicted molar refractivity (Wildman–Crippen MR) is 136 cm³/mol. The van der Waals surface area contributed by atoms with E-state index in [0.717, 1.165) is 41.8 Å². The number of carbonyl (C=O) groups is 2. The quantitative estimate of drug-likeness (QED) is 0.381. The molecule has 4 aromatic rings. The third kappa shape index (κ3) is 5.23. The molecule has 0 spiro atoms. The maximum atomic E-state index is 13.8. The van der Waals surface area contributed by atoms with E-state index in [9.17, 15) is 9.59 Å². The molecule has 1 fully saturated rings. The molecule has 0 saturated heterocycles. The molecule has 36 heavy (non-hydrogen) atoms. The highest BCUT2D eigenvalue weighted by Gasteiger charge is 2.36. The van der Waals surface area contributed by atoms with Gasteiger partial charge in [0.15, 0.2) is 6.04 Å². The van der Waals surface area contributed by atoms with Gasteiger partial charge in [0.1, 0.15) is 12.1 Å². The molecule has 1 aliphatic rings. The lowest BCUT2D eigenvalue weighted by Gasteiger charge is -2.32. The van der Waals surface area contributed by atoms with E-state index in [1.807, 2.05) is 42.6 Å². The van der Waals surface area contributed by atoms with E-state index in [1.165, 1.54) is 30.3 Å². The number of benzene rings is 1. The second-order valence-corrected chi connectivity index (χ2v) is 10.0. The number of aryl methyl sites for hydroxylation is 1. The van der Waals surface area contributed by atoms with Crippen LogP contribution in [0.5, 0.6) is 0 Å². The van der Waals surface area contributed by atoms with Crippen LogP contribution < -0.4 is 10.2 Å². The number of carbonyl (C=O) groups excluding carboxylic acids is 2. The normalized spacial score (nSPS) is 14.9. The van der Waals surface area contributed by atoms with Crippen LogP contribution in [0.3, 0.4) is 0 Å². The highest BCUT2D eigenvalue weighted by Crippen LogP contribution is 2.32. The third-order valence-electron chi connectivity index (χ3n) is 6.50. The number of rotatable bonds is 8. The van der Waals surface area contributed by atoms with Crippen LogP contribution in [0.15, 0.2) is 64.9 Å². The van der Waals surface area contributed by atoms with Crippen molar-refractivity contribution in [3.8, 4) is 5.69 Å². The van der Waals surface area contributed by atoms with E-state index in [4.69, 9.17) is 4.42 Å². The van der Waals surface area contributed by atoms with Crippen molar-refractivity contribution < 1.29 is 14.0 Å². The predicted octanol–water partition coefficient (Wildman–Crippen LogP) is 4.39. The smallest absolute Gasteiger partial charge is 0.251 e. The van der Waals surface area contributed by atoms with Crippen LogP contribution in [0.1, 0.15) is 54.3 Å². The second kappa shape index (κ2) is 10.9. The summed E-state index contributed by atoms with van der Waals surface area (Å²) in [7, 11) is 0. The van der Waals surface area contributed by atoms with Gasteiger partial charge in [0, 0.05) is 16.6 Å². The van der Waals surface area contributed by atoms with Gasteiger partial charge in [-0.25, -0.2) is 4.68 Å². The fraction of sp³-hybridized carbons (Fsp3) is 0.346. The summed E-state index contributed by atoms with van der Waals surface area (Å²) in [5.41, 5.74) is 2.25. The van der Waals surface area contributed by atoms with Gasteiger partial charge in [-0.2, -0.15) is 0 Å². The lowest BCUT2D eigenvalue weighted by Crippen LogP contribution is -2.47. The summed E-state index contributed by atoms with van der Waals surface area (Å²) >= 11 is 1.52. The van der Waals surface area contributed by atoms with Crippen LogP contribution in [-0.2, 0) is 16.0 Å². The number of amides is 2. The van der Waals surface area contributed by atoms with E-state index in [2.05, 4.69) is 20.8 Å². The zero-order valence-corrected chi connectivity index (χ0v) is 20.9. The monoisotopic (exact) mass is 504 g/mol. The Morgan fingerprint density at radius 3 is 2.72 bits per heavy atom. The van der Waals surface area contributed by atoms with Crippen molar-refractivity contribution in [2.45, 2.75) is 57.5 Å². The summed E-state index contributed by atoms with van der Waals surface area (Å²) in [6.07, 6.45) is 8.49. The lowest BCUT2D eigenvalue weighted by molar-refractivity contribution is -0.127. The maximum absolute atomic E-state index is 13.8. The Hall–Kier alpha value is -3.79. The van der Waals surface area contributed by atoms with Crippen LogP contribution in [0.25, 0.3) is 5.69 Å². The molecule has 0 radical (unpaired) electrons. The SMILES string of the molecule is Cc1cc(N(C(=O)Cc2cccs2)[C@H](C(=O)NC2CCCCC2)c2ccco2)ccc1-n1cnnn1. The van der Waals surface area contributed by atoms with Gasteiger partial charge in [-0.05, 0) is 77.5 Å². The molecule has 2 amide bonds. The third-order valence-corrected chi connectivity index (χ3v) is 7.38. The van der Waals surface area contributed by atoms with Crippen molar-refractivity contribution in [3.05, 3.63) is 76.6 Å². The number of hydrogen-bond acceptors (Lipinski definition) is 7. The number of thiophene rings is 1. The first-order valence-corrected chi connectivity index (χ1v) is 13.0. The minimum Gasteiger partial charge on any atom is -0.467 e. The molecule has 1 aromatic carbocycles. The van der Waals surface area contributed by atoms with E-state index >= 15 is 0 Å². The summed E-state index contributed by atoms with van der Waals surface area (Å²) in [5, 5.41) is 16.5. The van der Waals surface area contributed by atoms with E-state index in [0.29, 0.717) is 11.4 Å². The van der Waals surface area contributed by atoms with Crippen molar-refractivity contribution in [2.24, 2.45) is 0 Å². The Labute approximate surface area is 213 Å². The van der Waals surface area contributed by atoms with Crippen molar-refractivity contribution in [3.63, 3.8) is 0 Å². The molecule has 5 rings (SSSR count). The molecule has 1 aliphatic carbocycles. The van der Waals surface area contributed by atoms with E-state index in [-0.39, 0.29) is 24.3 Å². The van der Waals surface area contributed by atoms with Crippen LogP contribution in [0, 0.1) is 6.92 Å². The fourth-order valence-electron chi connectivity index (χ4n) is 4.75. The Balaban J connectivity index is 1.54. The van der Waals surface area contributed by atoms with Crippen molar-refractivity contribution in [1.82, 2.24) is 25.5 Å². The second-order valence-electron chi connectivity index (χ2n) is 9.01. The van der Waals surface area contributed by atoms with Gasteiger partial charge in [-0.3, -0.25) is 14.5 Å². The van der Waals surface area contributed by atoms with Crippen LogP contribution in [0.2, 0.25) is 0 Å². The first-order valence-electron chi connectivity index (χ1n) is 12.1. The van der Waals surface area contributed by atoms with Crippen LogP contribution in [-0.4, -0.2) is 38.1 Å². The number of furan rings is 1. The largest absolute Gasteiger partial charge is 0.467 e. The zero-order chi connectivity index (χ0) is 24.9. The molecule has 0 bridgehead atoms. The van der Waals surface area contributed by atoms with Crippen LogP contribution in [0.4, 0.5) is 5.69 Å².